The fourth-order valence-corrected chi connectivity index (χ4v) is 4.30. The van der Waals surface area contributed by atoms with E-state index in [2.05, 4.69) is 20.0 Å². The summed E-state index contributed by atoms with van der Waals surface area (Å²) in [4.78, 5) is 4.88. The number of rotatable bonds is 3. The summed E-state index contributed by atoms with van der Waals surface area (Å²) < 4.78 is 32.4. The number of hydrogen-bond acceptors (Lipinski definition) is 6. The van der Waals surface area contributed by atoms with Gasteiger partial charge in [-0.3, -0.25) is 0 Å². The number of guanidine groups is 1. The molecule has 4 rings (SSSR count). The summed E-state index contributed by atoms with van der Waals surface area (Å²) in [5.74, 6) is -0.489. The topological polar surface area (TPSA) is 49.3 Å². The fourth-order valence-electron chi connectivity index (χ4n) is 2.72. The van der Waals surface area contributed by atoms with Gasteiger partial charge >= 0.3 is 0 Å². The lowest BCUT2D eigenvalue weighted by molar-refractivity contribution is 0.624. The van der Waals surface area contributed by atoms with E-state index in [9.17, 15) is 8.78 Å². The molecule has 4 nitrogen and oxygen atoms in total. The minimum Gasteiger partial charge on any atom is -0.346 e. The summed E-state index contributed by atoms with van der Waals surface area (Å²) in [6, 6.07) is 7.13. The molecule has 0 fully saturated rings. The molecular weight excluding hydrogens is 410 g/mol. The Morgan fingerprint density at radius 3 is 2.85 bits per heavy atom. The van der Waals surface area contributed by atoms with Crippen LogP contribution in [0.25, 0.3) is 11.1 Å². The lowest BCUT2D eigenvalue weighted by Gasteiger charge is -2.23. The van der Waals surface area contributed by atoms with E-state index in [0.717, 1.165) is 17.0 Å². The number of fused-ring (bicyclic) bond motifs is 1. The number of thiazole rings is 1. The Hall–Kier alpha value is -2.16. The van der Waals surface area contributed by atoms with Gasteiger partial charge in [-0.15, -0.1) is 11.3 Å². The molecule has 3 aromatic rings. The Morgan fingerprint density at radius 2 is 2.07 bits per heavy atom. The quantitative estimate of drug-likeness (QED) is 0.517. The third-order valence-corrected chi connectivity index (χ3v) is 6.10. The number of halogens is 3. The first-order valence-electron chi connectivity index (χ1n) is 7.99. The highest BCUT2D eigenvalue weighted by molar-refractivity contribution is 7.98. The summed E-state index contributed by atoms with van der Waals surface area (Å²) in [5, 5.41) is 9.20. The van der Waals surface area contributed by atoms with Crippen LogP contribution in [0.3, 0.4) is 0 Å². The SMILES string of the molecule is CC(NC1=NSc2cc(F)cc(-c3cccc(F)c3Cl)c2N1)c1nccs1. The molecule has 27 heavy (non-hydrogen) atoms. The Morgan fingerprint density at radius 1 is 1.22 bits per heavy atom. The van der Waals surface area contributed by atoms with Crippen LogP contribution in [-0.4, -0.2) is 10.9 Å². The maximum absolute atomic E-state index is 14.1. The molecule has 1 unspecified atom stereocenters. The summed E-state index contributed by atoms with van der Waals surface area (Å²) in [6.45, 7) is 1.97. The number of aromatic nitrogens is 1. The van der Waals surface area contributed by atoms with Crippen molar-refractivity contribution in [2.45, 2.75) is 17.9 Å². The number of hydrogen-bond donors (Lipinski definition) is 2. The highest BCUT2D eigenvalue weighted by Crippen LogP contribution is 2.42. The smallest absolute Gasteiger partial charge is 0.208 e. The second-order valence-electron chi connectivity index (χ2n) is 5.82. The largest absolute Gasteiger partial charge is 0.346 e. The van der Waals surface area contributed by atoms with Crippen molar-refractivity contribution in [3.8, 4) is 11.1 Å². The number of anilines is 1. The molecule has 138 valence electrons. The highest BCUT2D eigenvalue weighted by atomic mass is 35.5. The second kappa shape index (κ2) is 7.46. The zero-order chi connectivity index (χ0) is 19.0. The molecule has 0 amide bonds. The average Bonchev–Trinajstić information content (AvgIpc) is 3.19. The standard InChI is InChI=1S/C18H13ClF2N4S2/c1-9(17-22-5-6-26-17)23-18-24-16-12(7-10(20)8-14(16)27-25-18)11-3-2-4-13(21)15(11)19/h2-9H,1H3,(H2,23,24,25). The molecule has 2 aromatic carbocycles. The first kappa shape index (κ1) is 18.2. The van der Waals surface area contributed by atoms with E-state index in [1.807, 2.05) is 12.3 Å². The monoisotopic (exact) mass is 422 g/mol. The minimum atomic E-state index is -0.556. The lowest BCUT2D eigenvalue weighted by atomic mass is 10.0. The number of nitrogens with one attached hydrogen (secondary N) is 2. The first-order valence-corrected chi connectivity index (χ1v) is 10.0. The normalized spacial score (nSPS) is 14.1. The van der Waals surface area contributed by atoms with Crippen LogP contribution in [0.2, 0.25) is 5.02 Å². The molecule has 2 N–H and O–H groups in total. The maximum atomic E-state index is 14.1. The van der Waals surface area contributed by atoms with Crippen molar-refractivity contribution in [3.05, 3.63) is 63.6 Å². The molecule has 0 bridgehead atoms. The van der Waals surface area contributed by atoms with Crippen LogP contribution in [0.4, 0.5) is 14.5 Å². The Kier molecular flexibility index (Phi) is 5.03. The van der Waals surface area contributed by atoms with Crippen molar-refractivity contribution in [3.63, 3.8) is 0 Å². The molecule has 1 aromatic heterocycles. The molecule has 1 aliphatic heterocycles. The maximum Gasteiger partial charge on any atom is 0.208 e. The minimum absolute atomic E-state index is 0.0507. The molecule has 2 heterocycles. The molecule has 0 aliphatic carbocycles. The van der Waals surface area contributed by atoms with Gasteiger partial charge in [-0.2, -0.15) is 4.40 Å². The van der Waals surface area contributed by atoms with Crippen LogP contribution >= 0.6 is 34.9 Å². The first-order chi connectivity index (χ1) is 13.0. The van der Waals surface area contributed by atoms with Crippen molar-refractivity contribution >= 4 is 46.5 Å². The fraction of sp³-hybridized carbons (Fsp3) is 0.111. The third kappa shape index (κ3) is 3.65. The summed E-state index contributed by atoms with van der Waals surface area (Å²) >= 11 is 8.80. The van der Waals surface area contributed by atoms with E-state index >= 15 is 0 Å². The highest BCUT2D eigenvalue weighted by Gasteiger charge is 2.22. The molecule has 1 atom stereocenters. The van der Waals surface area contributed by atoms with E-state index in [-0.39, 0.29) is 11.1 Å². The number of benzene rings is 2. The van der Waals surface area contributed by atoms with E-state index in [1.165, 1.54) is 29.5 Å². The van der Waals surface area contributed by atoms with Gasteiger partial charge in [-0.1, -0.05) is 23.7 Å². The van der Waals surface area contributed by atoms with Gasteiger partial charge in [0.25, 0.3) is 0 Å². The molecule has 9 heteroatoms. The van der Waals surface area contributed by atoms with Crippen LogP contribution in [0.1, 0.15) is 18.0 Å². The molecule has 0 saturated heterocycles. The van der Waals surface area contributed by atoms with Crippen molar-refractivity contribution in [2.24, 2.45) is 4.40 Å². The van der Waals surface area contributed by atoms with Crippen molar-refractivity contribution < 1.29 is 8.78 Å². The molecule has 0 spiro atoms. The van der Waals surface area contributed by atoms with Gasteiger partial charge in [-0.25, -0.2) is 13.8 Å². The second-order valence-corrected chi connectivity index (χ2v) is 7.93. The third-order valence-electron chi connectivity index (χ3n) is 3.96. The van der Waals surface area contributed by atoms with Gasteiger partial charge in [-0.05, 0) is 25.1 Å². The van der Waals surface area contributed by atoms with E-state index in [4.69, 9.17) is 11.6 Å². The van der Waals surface area contributed by atoms with Gasteiger partial charge in [0, 0.05) is 34.7 Å². The summed E-state index contributed by atoms with van der Waals surface area (Å²) in [6.07, 6.45) is 1.74. The molecule has 1 aliphatic rings. The zero-order valence-corrected chi connectivity index (χ0v) is 16.4. The Bertz CT molecular complexity index is 1020. The van der Waals surface area contributed by atoms with Gasteiger partial charge in [0.05, 0.1) is 21.6 Å². The van der Waals surface area contributed by atoms with Crippen LogP contribution in [0.5, 0.6) is 0 Å². The summed E-state index contributed by atoms with van der Waals surface area (Å²) in [7, 11) is 0. The molecule has 0 radical (unpaired) electrons. The Labute approximate surface area is 167 Å². The summed E-state index contributed by atoms with van der Waals surface area (Å²) in [5.41, 5.74) is 1.51. The van der Waals surface area contributed by atoms with Crippen LogP contribution in [-0.2, 0) is 0 Å². The van der Waals surface area contributed by atoms with Gasteiger partial charge < -0.3 is 10.6 Å². The van der Waals surface area contributed by atoms with E-state index < -0.39 is 11.6 Å². The van der Waals surface area contributed by atoms with Crippen LogP contribution in [0, 0.1) is 11.6 Å². The van der Waals surface area contributed by atoms with Crippen LogP contribution in [0.15, 0.2) is 51.2 Å². The van der Waals surface area contributed by atoms with Gasteiger partial charge in [0.15, 0.2) is 0 Å². The predicted molar refractivity (Wildman–Crippen MR) is 107 cm³/mol. The number of nitrogens with zero attached hydrogens (tertiary/aromatic N) is 2. The molecule has 0 saturated carbocycles. The van der Waals surface area contributed by atoms with Gasteiger partial charge in [0.2, 0.25) is 5.96 Å². The predicted octanol–water partition coefficient (Wildman–Crippen LogP) is 5.88. The van der Waals surface area contributed by atoms with E-state index in [0.29, 0.717) is 27.7 Å². The average molecular weight is 423 g/mol. The Balaban J connectivity index is 1.69. The van der Waals surface area contributed by atoms with Gasteiger partial charge in [0.1, 0.15) is 16.6 Å². The van der Waals surface area contributed by atoms with E-state index in [1.54, 1.807) is 18.3 Å². The van der Waals surface area contributed by atoms with Crippen molar-refractivity contribution in [1.82, 2.24) is 10.3 Å². The van der Waals surface area contributed by atoms with Crippen molar-refractivity contribution in [1.29, 1.82) is 0 Å². The van der Waals surface area contributed by atoms with Crippen molar-refractivity contribution in [2.75, 3.05) is 5.32 Å². The van der Waals surface area contributed by atoms with Crippen LogP contribution < -0.4 is 10.6 Å². The lowest BCUT2D eigenvalue weighted by Crippen LogP contribution is -2.34. The molecular formula is C18H13ClF2N4S2. The zero-order valence-electron chi connectivity index (χ0n) is 14.0.